The molecule has 0 saturated carbocycles. The quantitative estimate of drug-likeness (QED) is 0.708. The molecule has 4 nitrogen and oxygen atoms in total. The summed E-state index contributed by atoms with van der Waals surface area (Å²) in [5, 5.41) is 4.86. The largest absolute Gasteiger partial charge is 0.337 e. The summed E-state index contributed by atoms with van der Waals surface area (Å²) in [5.41, 5.74) is 2.78. The van der Waals surface area contributed by atoms with E-state index in [2.05, 4.69) is 5.10 Å². The van der Waals surface area contributed by atoms with Crippen molar-refractivity contribution in [3.8, 4) is 0 Å². The van der Waals surface area contributed by atoms with Gasteiger partial charge < -0.3 is 4.90 Å². The summed E-state index contributed by atoms with van der Waals surface area (Å²) in [7, 11) is 1.79. The van der Waals surface area contributed by atoms with Crippen molar-refractivity contribution < 1.29 is 4.79 Å². The molecule has 122 valence electrons. The zero-order valence-corrected chi connectivity index (χ0v) is 14.1. The number of rotatable bonds is 5. The molecule has 1 aromatic heterocycles. The van der Waals surface area contributed by atoms with Crippen molar-refractivity contribution in [2.75, 3.05) is 7.05 Å². The minimum absolute atomic E-state index is 0.0133. The molecule has 0 unspecified atom stereocenters. The van der Waals surface area contributed by atoms with E-state index < -0.39 is 0 Å². The highest BCUT2D eigenvalue weighted by Gasteiger charge is 2.12. The molecular weight excluding hydrogens is 322 g/mol. The van der Waals surface area contributed by atoms with Crippen LogP contribution in [0.3, 0.4) is 0 Å². The molecule has 0 atom stereocenters. The van der Waals surface area contributed by atoms with Crippen LogP contribution in [0.4, 0.5) is 0 Å². The van der Waals surface area contributed by atoms with Crippen LogP contribution in [-0.4, -0.2) is 27.6 Å². The summed E-state index contributed by atoms with van der Waals surface area (Å²) >= 11 is 5.99. The minimum Gasteiger partial charge on any atom is -0.337 e. The first-order valence-corrected chi connectivity index (χ1v) is 8.06. The van der Waals surface area contributed by atoms with Crippen molar-refractivity contribution >= 4 is 17.5 Å². The molecule has 5 heteroatoms. The summed E-state index contributed by atoms with van der Waals surface area (Å²) in [6, 6.07) is 17.1. The molecule has 3 rings (SSSR count). The number of carbonyl (C=O) groups is 1. The van der Waals surface area contributed by atoms with Gasteiger partial charge in [-0.25, -0.2) is 0 Å². The first-order valence-electron chi connectivity index (χ1n) is 7.68. The summed E-state index contributed by atoms with van der Waals surface area (Å²) < 4.78 is 1.85. The first-order chi connectivity index (χ1) is 11.6. The second-order valence-corrected chi connectivity index (χ2v) is 6.13. The standard InChI is InChI=1S/C19H18ClN3O/c1-22(13-16-4-2-5-18(20)12-16)19(24)17-8-6-15(7-9-17)14-23-11-3-10-21-23/h2-12H,13-14H2,1H3. The van der Waals surface area contributed by atoms with E-state index in [9.17, 15) is 4.79 Å². The topological polar surface area (TPSA) is 38.1 Å². The zero-order valence-electron chi connectivity index (χ0n) is 13.4. The van der Waals surface area contributed by atoms with Crippen molar-refractivity contribution in [3.63, 3.8) is 0 Å². The van der Waals surface area contributed by atoms with Crippen LogP contribution in [0.1, 0.15) is 21.5 Å². The fourth-order valence-corrected chi connectivity index (χ4v) is 2.75. The van der Waals surface area contributed by atoms with E-state index in [1.54, 1.807) is 18.1 Å². The van der Waals surface area contributed by atoms with Crippen molar-refractivity contribution in [1.82, 2.24) is 14.7 Å². The molecule has 0 N–H and O–H groups in total. The van der Waals surface area contributed by atoms with Gasteiger partial charge in [-0.15, -0.1) is 0 Å². The minimum atomic E-state index is -0.0133. The fraction of sp³-hybridized carbons (Fsp3) is 0.158. The van der Waals surface area contributed by atoms with Gasteiger partial charge in [0.25, 0.3) is 5.91 Å². The van der Waals surface area contributed by atoms with E-state index in [-0.39, 0.29) is 5.91 Å². The summed E-state index contributed by atoms with van der Waals surface area (Å²) in [4.78, 5) is 14.2. The highest BCUT2D eigenvalue weighted by molar-refractivity contribution is 6.30. The highest BCUT2D eigenvalue weighted by atomic mass is 35.5. The van der Waals surface area contributed by atoms with Crippen LogP contribution in [0.15, 0.2) is 67.0 Å². The van der Waals surface area contributed by atoms with Crippen molar-refractivity contribution in [2.24, 2.45) is 0 Å². The predicted molar refractivity (Wildman–Crippen MR) is 95.0 cm³/mol. The Bertz CT molecular complexity index is 813. The summed E-state index contributed by atoms with van der Waals surface area (Å²) in [6.45, 7) is 1.22. The molecule has 1 heterocycles. The monoisotopic (exact) mass is 339 g/mol. The van der Waals surface area contributed by atoms with Crippen LogP contribution >= 0.6 is 11.6 Å². The lowest BCUT2D eigenvalue weighted by molar-refractivity contribution is 0.0785. The molecule has 0 saturated heterocycles. The van der Waals surface area contributed by atoms with Crippen LogP contribution in [0.5, 0.6) is 0 Å². The number of amides is 1. The third kappa shape index (κ3) is 4.03. The van der Waals surface area contributed by atoms with Gasteiger partial charge in [0.2, 0.25) is 0 Å². The Morgan fingerprint density at radius 3 is 2.58 bits per heavy atom. The van der Waals surface area contributed by atoms with Crippen LogP contribution < -0.4 is 0 Å². The lowest BCUT2D eigenvalue weighted by Gasteiger charge is -2.17. The van der Waals surface area contributed by atoms with Crippen LogP contribution in [0.2, 0.25) is 5.02 Å². The van der Waals surface area contributed by atoms with Crippen LogP contribution in [0, 0.1) is 0 Å². The second kappa shape index (κ2) is 7.32. The second-order valence-electron chi connectivity index (χ2n) is 5.69. The van der Waals surface area contributed by atoms with E-state index in [4.69, 9.17) is 11.6 Å². The predicted octanol–water partition coefficient (Wildman–Crippen LogP) is 3.86. The molecule has 0 radical (unpaired) electrons. The van der Waals surface area contributed by atoms with Crippen LogP contribution in [-0.2, 0) is 13.1 Å². The van der Waals surface area contributed by atoms with Gasteiger partial charge in [-0.05, 0) is 41.5 Å². The van der Waals surface area contributed by atoms with Crippen molar-refractivity contribution in [1.29, 1.82) is 0 Å². The number of nitrogens with zero attached hydrogens (tertiary/aromatic N) is 3. The molecule has 1 amide bonds. The van der Waals surface area contributed by atoms with E-state index >= 15 is 0 Å². The molecule has 0 aliphatic heterocycles. The lowest BCUT2D eigenvalue weighted by atomic mass is 10.1. The van der Waals surface area contributed by atoms with Gasteiger partial charge >= 0.3 is 0 Å². The average Bonchev–Trinajstić information content (AvgIpc) is 3.08. The van der Waals surface area contributed by atoms with Gasteiger partial charge in [0, 0.05) is 36.6 Å². The van der Waals surface area contributed by atoms with E-state index in [0.717, 1.165) is 11.1 Å². The molecule has 0 bridgehead atoms. The van der Waals surface area contributed by atoms with Crippen LogP contribution in [0.25, 0.3) is 0 Å². The third-order valence-electron chi connectivity index (χ3n) is 3.76. The molecule has 24 heavy (non-hydrogen) atoms. The van der Waals surface area contributed by atoms with Gasteiger partial charge in [-0.3, -0.25) is 9.48 Å². The SMILES string of the molecule is CN(Cc1cccc(Cl)c1)C(=O)c1ccc(Cn2cccn2)cc1. The number of benzene rings is 2. The van der Waals surface area contributed by atoms with Crippen molar-refractivity contribution in [2.45, 2.75) is 13.1 Å². The Morgan fingerprint density at radius 2 is 1.92 bits per heavy atom. The van der Waals surface area contributed by atoms with Gasteiger partial charge in [-0.1, -0.05) is 35.9 Å². The Balaban J connectivity index is 1.65. The molecule has 0 aliphatic rings. The molecule has 2 aromatic carbocycles. The van der Waals surface area contributed by atoms with Crippen molar-refractivity contribution in [3.05, 3.63) is 88.7 Å². The molecular formula is C19H18ClN3O. The van der Waals surface area contributed by atoms with E-state index in [1.807, 2.05) is 65.5 Å². The van der Waals surface area contributed by atoms with Gasteiger partial charge in [-0.2, -0.15) is 5.10 Å². The smallest absolute Gasteiger partial charge is 0.253 e. The third-order valence-corrected chi connectivity index (χ3v) is 4.00. The maximum absolute atomic E-state index is 12.5. The number of hydrogen-bond acceptors (Lipinski definition) is 2. The summed E-state index contributed by atoms with van der Waals surface area (Å²) in [5.74, 6) is -0.0133. The maximum atomic E-state index is 12.5. The molecule has 0 spiro atoms. The van der Waals surface area contributed by atoms with E-state index in [1.165, 1.54) is 0 Å². The van der Waals surface area contributed by atoms with E-state index in [0.29, 0.717) is 23.7 Å². The Morgan fingerprint density at radius 1 is 1.12 bits per heavy atom. The zero-order chi connectivity index (χ0) is 16.9. The molecule has 0 aliphatic carbocycles. The molecule has 0 fully saturated rings. The number of hydrogen-bond donors (Lipinski definition) is 0. The van der Waals surface area contributed by atoms with Gasteiger partial charge in [0.1, 0.15) is 0 Å². The number of carbonyl (C=O) groups excluding carboxylic acids is 1. The average molecular weight is 340 g/mol. The Kier molecular flexibility index (Phi) is 4.96. The Labute approximate surface area is 146 Å². The molecule has 3 aromatic rings. The fourth-order valence-electron chi connectivity index (χ4n) is 2.54. The summed E-state index contributed by atoms with van der Waals surface area (Å²) in [6.07, 6.45) is 3.67. The first kappa shape index (κ1) is 16.3. The normalized spacial score (nSPS) is 10.6. The lowest BCUT2D eigenvalue weighted by Crippen LogP contribution is -2.26. The highest BCUT2D eigenvalue weighted by Crippen LogP contribution is 2.14. The van der Waals surface area contributed by atoms with Gasteiger partial charge in [0.15, 0.2) is 0 Å². The Hall–Kier alpha value is -2.59. The number of aromatic nitrogens is 2. The number of halogens is 1. The maximum Gasteiger partial charge on any atom is 0.253 e. The van der Waals surface area contributed by atoms with Gasteiger partial charge in [0.05, 0.1) is 6.54 Å².